The third-order valence-electron chi connectivity index (χ3n) is 3.16. The summed E-state index contributed by atoms with van der Waals surface area (Å²) in [6, 6.07) is 10.1. The van der Waals surface area contributed by atoms with Gasteiger partial charge in [0.05, 0.1) is 17.1 Å². The Hall–Kier alpha value is -1.72. The Labute approximate surface area is 124 Å². The Morgan fingerprint density at radius 1 is 1.30 bits per heavy atom. The summed E-state index contributed by atoms with van der Waals surface area (Å²) in [5.41, 5.74) is 7.75. The van der Waals surface area contributed by atoms with E-state index >= 15 is 0 Å². The fourth-order valence-electron chi connectivity index (χ4n) is 2.16. The lowest BCUT2D eigenvalue weighted by Gasteiger charge is -2.25. The minimum absolute atomic E-state index is 0.533. The zero-order valence-electron chi connectivity index (χ0n) is 11.6. The molecule has 20 heavy (non-hydrogen) atoms. The van der Waals surface area contributed by atoms with Crippen LogP contribution in [-0.2, 0) is 4.74 Å². The molecule has 1 heterocycles. The molecule has 5 heteroatoms. The predicted octanol–water partition coefficient (Wildman–Crippen LogP) is 2.36. The van der Waals surface area contributed by atoms with Crippen molar-refractivity contribution in [3.63, 3.8) is 0 Å². The van der Waals surface area contributed by atoms with Crippen LogP contribution in [0.15, 0.2) is 36.5 Å². The molecule has 1 aromatic heterocycles. The summed E-state index contributed by atoms with van der Waals surface area (Å²) in [4.78, 5) is 7.17. The highest BCUT2D eigenvalue weighted by atomic mass is 32.1. The number of nitrogens with two attached hydrogens (primary N) is 1. The van der Waals surface area contributed by atoms with Gasteiger partial charge in [-0.05, 0) is 12.1 Å². The van der Waals surface area contributed by atoms with Crippen molar-refractivity contribution < 1.29 is 4.74 Å². The summed E-state index contributed by atoms with van der Waals surface area (Å²) in [5, 5.41) is 1.13. The predicted molar refractivity (Wildman–Crippen MR) is 87.2 cm³/mol. The van der Waals surface area contributed by atoms with Gasteiger partial charge in [-0.1, -0.05) is 30.4 Å². The van der Waals surface area contributed by atoms with Crippen molar-refractivity contribution in [2.24, 2.45) is 5.73 Å². The van der Waals surface area contributed by atoms with Crippen LogP contribution >= 0.6 is 12.2 Å². The van der Waals surface area contributed by atoms with Gasteiger partial charge in [0.1, 0.15) is 0 Å². The van der Waals surface area contributed by atoms with Crippen LogP contribution in [-0.4, -0.2) is 36.8 Å². The summed E-state index contributed by atoms with van der Waals surface area (Å²) in [5.74, 6) is 0. The van der Waals surface area contributed by atoms with E-state index in [0.29, 0.717) is 18.0 Å². The average molecular weight is 289 g/mol. The molecule has 0 bridgehead atoms. The SMILES string of the molecule is COCCN(CCC(N)=S)c1ccnc2ccccc12. The van der Waals surface area contributed by atoms with Crippen molar-refractivity contribution in [3.05, 3.63) is 36.5 Å². The molecular formula is C15H19N3OS. The number of fused-ring (bicyclic) bond motifs is 1. The van der Waals surface area contributed by atoms with E-state index in [1.165, 1.54) is 0 Å². The number of pyridine rings is 1. The maximum absolute atomic E-state index is 5.62. The molecule has 1 aromatic carbocycles. The zero-order valence-corrected chi connectivity index (χ0v) is 12.4. The first-order valence-corrected chi connectivity index (χ1v) is 6.99. The number of hydrogen-bond acceptors (Lipinski definition) is 4. The summed E-state index contributed by atoms with van der Waals surface area (Å²) >= 11 is 4.98. The lowest BCUT2D eigenvalue weighted by molar-refractivity contribution is 0.205. The van der Waals surface area contributed by atoms with Crippen LogP contribution < -0.4 is 10.6 Å². The van der Waals surface area contributed by atoms with Crippen molar-refractivity contribution in [2.75, 3.05) is 31.7 Å². The third-order valence-corrected chi connectivity index (χ3v) is 3.36. The van der Waals surface area contributed by atoms with Crippen LogP contribution in [0.5, 0.6) is 0 Å². The Kier molecular flexibility index (Phi) is 5.26. The minimum Gasteiger partial charge on any atom is -0.393 e. The molecule has 0 spiro atoms. The van der Waals surface area contributed by atoms with Crippen LogP contribution in [0.1, 0.15) is 6.42 Å². The first kappa shape index (κ1) is 14.7. The summed E-state index contributed by atoms with van der Waals surface area (Å²) in [6.45, 7) is 2.24. The van der Waals surface area contributed by atoms with E-state index in [-0.39, 0.29) is 0 Å². The molecule has 0 saturated carbocycles. The molecule has 0 unspecified atom stereocenters. The second kappa shape index (κ2) is 7.17. The molecule has 0 aliphatic carbocycles. The molecule has 106 valence electrons. The van der Waals surface area contributed by atoms with Gasteiger partial charge in [0.25, 0.3) is 0 Å². The molecule has 0 atom stereocenters. The Morgan fingerprint density at radius 3 is 2.85 bits per heavy atom. The van der Waals surface area contributed by atoms with Crippen LogP contribution in [0.4, 0.5) is 5.69 Å². The Morgan fingerprint density at radius 2 is 2.10 bits per heavy atom. The summed E-state index contributed by atoms with van der Waals surface area (Å²) in [7, 11) is 1.70. The van der Waals surface area contributed by atoms with Crippen molar-refractivity contribution in [3.8, 4) is 0 Å². The van der Waals surface area contributed by atoms with Crippen LogP contribution in [0.25, 0.3) is 10.9 Å². The number of anilines is 1. The van der Waals surface area contributed by atoms with Gasteiger partial charge in [0.15, 0.2) is 0 Å². The maximum atomic E-state index is 5.62. The lowest BCUT2D eigenvalue weighted by Crippen LogP contribution is -2.30. The summed E-state index contributed by atoms with van der Waals surface area (Å²) < 4.78 is 5.19. The number of nitrogens with zero attached hydrogens (tertiary/aromatic N) is 2. The number of hydrogen-bond donors (Lipinski definition) is 1. The topological polar surface area (TPSA) is 51.4 Å². The standard InChI is InChI=1S/C15H19N3OS/c1-19-11-10-18(9-7-15(16)20)14-6-8-17-13-5-3-2-4-12(13)14/h2-6,8H,7,9-11H2,1H3,(H2,16,20). The van der Waals surface area contributed by atoms with E-state index < -0.39 is 0 Å². The third kappa shape index (κ3) is 3.65. The van der Waals surface area contributed by atoms with E-state index in [1.807, 2.05) is 30.5 Å². The van der Waals surface area contributed by atoms with Gasteiger partial charge in [-0.3, -0.25) is 4.98 Å². The van der Waals surface area contributed by atoms with Gasteiger partial charge < -0.3 is 15.4 Å². The molecule has 0 amide bonds. The number of aromatic nitrogens is 1. The van der Waals surface area contributed by atoms with Gasteiger partial charge in [-0.25, -0.2) is 0 Å². The number of benzene rings is 1. The highest BCUT2D eigenvalue weighted by Crippen LogP contribution is 2.25. The number of para-hydroxylation sites is 1. The van der Waals surface area contributed by atoms with E-state index in [0.717, 1.165) is 29.7 Å². The fraction of sp³-hybridized carbons (Fsp3) is 0.333. The van der Waals surface area contributed by atoms with Crippen LogP contribution in [0.3, 0.4) is 0 Å². The molecule has 0 saturated heterocycles. The quantitative estimate of drug-likeness (QED) is 0.793. The summed E-state index contributed by atoms with van der Waals surface area (Å²) in [6.07, 6.45) is 2.52. The Bertz CT molecular complexity index is 583. The largest absolute Gasteiger partial charge is 0.393 e. The number of rotatable bonds is 7. The molecular weight excluding hydrogens is 270 g/mol. The van der Waals surface area contributed by atoms with Gasteiger partial charge >= 0.3 is 0 Å². The van der Waals surface area contributed by atoms with Crippen LogP contribution in [0, 0.1) is 0 Å². The molecule has 0 radical (unpaired) electrons. The second-order valence-electron chi connectivity index (χ2n) is 4.54. The van der Waals surface area contributed by atoms with Crippen molar-refractivity contribution in [1.29, 1.82) is 0 Å². The van der Waals surface area contributed by atoms with Gasteiger partial charge in [-0.15, -0.1) is 0 Å². The molecule has 0 aliphatic rings. The first-order valence-electron chi connectivity index (χ1n) is 6.58. The van der Waals surface area contributed by atoms with Crippen molar-refractivity contribution in [1.82, 2.24) is 4.98 Å². The van der Waals surface area contributed by atoms with Crippen LogP contribution in [0.2, 0.25) is 0 Å². The minimum atomic E-state index is 0.533. The van der Waals surface area contributed by atoms with E-state index in [4.69, 9.17) is 22.7 Å². The van der Waals surface area contributed by atoms with Gasteiger partial charge in [-0.2, -0.15) is 0 Å². The van der Waals surface area contributed by atoms with Gasteiger partial charge in [0, 0.05) is 43.9 Å². The van der Waals surface area contributed by atoms with E-state index in [2.05, 4.69) is 16.0 Å². The first-order chi connectivity index (χ1) is 9.72. The Balaban J connectivity index is 2.31. The second-order valence-corrected chi connectivity index (χ2v) is 5.07. The van der Waals surface area contributed by atoms with Crippen molar-refractivity contribution >= 4 is 33.8 Å². The highest BCUT2D eigenvalue weighted by Gasteiger charge is 2.10. The average Bonchev–Trinajstić information content (AvgIpc) is 2.47. The molecule has 2 aromatic rings. The normalized spacial score (nSPS) is 10.7. The molecule has 0 aliphatic heterocycles. The fourth-order valence-corrected chi connectivity index (χ4v) is 2.25. The zero-order chi connectivity index (χ0) is 14.4. The van der Waals surface area contributed by atoms with Gasteiger partial charge in [0.2, 0.25) is 0 Å². The molecule has 2 N–H and O–H groups in total. The lowest BCUT2D eigenvalue weighted by atomic mass is 10.1. The molecule has 4 nitrogen and oxygen atoms in total. The number of thiocarbonyl (C=S) groups is 1. The van der Waals surface area contributed by atoms with E-state index in [1.54, 1.807) is 7.11 Å². The highest BCUT2D eigenvalue weighted by molar-refractivity contribution is 7.80. The van der Waals surface area contributed by atoms with Crippen molar-refractivity contribution in [2.45, 2.75) is 6.42 Å². The molecule has 0 fully saturated rings. The maximum Gasteiger partial charge on any atom is 0.0745 e. The smallest absolute Gasteiger partial charge is 0.0745 e. The number of methoxy groups -OCH3 is 1. The molecule has 2 rings (SSSR count). The monoisotopic (exact) mass is 289 g/mol. The van der Waals surface area contributed by atoms with E-state index in [9.17, 15) is 0 Å². The number of ether oxygens (including phenoxy) is 1.